The Morgan fingerprint density at radius 1 is 1.05 bits per heavy atom. The van der Waals surface area contributed by atoms with Crippen molar-refractivity contribution < 1.29 is 4.79 Å². The van der Waals surface area contributed by atoms with Crippen LogP contribution >= 0.6 is 15.9 Å². The predicted octanol–water partition coefficient (Wildman–Crippen LogP) is 7.77. The van der Waals surface area contributed by atoms with E-state index in [0.717, 1.165) is 5.92 Å². The van der Waals surface area contributed by atoms with Gasteiger partial charge in [-0.2, -0.15) is 0 Å². The van der Waals surface area contributed by atoms with Crippen LogP contribution in [0.15, 0.2) is 22.7 Å². The van der Waals surface area contributed by atoms with Crippen molar-refractivity contribution in [3.63, 3.8) is 0 Å². The maximum atomic E-state index is 9.44. The molecule has 1 rings (SSSR count). The molecule has 0 aromatic heterocycles. The summed E-state index contributed by atoms with van der Waals surface area (Å²) in [6.07, 6.45) is 1.31. The Kier molecular flexibility index (Phi) is 30.3. The lowest BCUT2D eigenvalue weighted by Crippen LogP contribution is -1.77. The van der Waals surface area contributed by atoms with Crippen molar-refractivity contribution in [1.82, 2.24) is 0 Å². The summed E-state index contributed by atoms with van der Waals surface area (Å²) in [6.45, 7) is 21.9. The monoisotopic (exact) mass is 374 g/mol. The molecule has 0 radical (unpaired) electrons. The van der Waals surface area contributed by atoms with Gasteiger partial charge in [0.05, 0.1) is 0 Å². The number of Topliss-reactive ketones (excluding diaryl/α,β-unsaturated/α-hetero) is 1. The Morgan fingerprint density at radius 2 is 1.36 bits per heavy atom. The highest BCUT2D eigenvalue weighted by Gasteiger charge is 1.90. The molecule has 1 aromatic carbocycles. The summed E-state index contributed by atoms with van der Waals surface area (Å²) in [5, 5.41) is 0. The molecular weight excluding hydrogens is 336 g/mol. The van der Waals surface area contributed by atoms with Crippen LogP contribution in [0.4, 0.5) is 0 Å². The summed E-state index contributed by atoms with van der Waals surface area (Å²) in [5.74, 6) is 1.05. The molecule has 0 saturated carbocycles. The van der Waals surface area contributed by atoms with E-state index in [1.54, 1.807) is 0 Å². The molecule has 22 heavy (non-hydrogen) atoms. The molecule has 132 valence electrons. The molecule has 1 aromatic rings. The molecule has 0 aliphatic carbocycles. The van der Waals surface area contributed by atoms with Gasteiger partial charge < -0.3 is 4.79 Å². The van der Waals surface area contributed by atoms with E-state index in [-0.39, 0.29) is 5.78 Å². The second-order valence-corrected chi connectivity index (χ2v) is 5.82. The molecule has 0 heterocycles. The molecule has 0 N–H and O–H groups in total. The van der Waals surface area contributed by atoms with Crippen LogP contribution in [0, 0.1) is 19.8 Å². The third-order valence-electron chi connectivity index (χ3n) is 2.14. The number of rotatable bonds is 1. The van der Waals surface area contributed by atoms with E-state index in [4.69, 9.17) is 0 Å². The first-order valence-corrected chi connectivity index (χ1v) is 9.19. The Hall–Kier alpha value is -0.630. The molecular formula is C20H39BrO. The topological polar surface area (TPSA) is 17.1 Å². The quantitative estimate of drug-likeness (QED) is 0.490. The van der Waals surface area contributed by atoms with Crippen LogP contribution in [-0.4, -0.2) is 5.78 Å². The summed E-state index contributed by atoms with van der Waals surface area (Å²) in [5.41, 5.74) is 2.59. The highest BCUT2D eigenvalue weighted by Crippen LogP contribution is 2.16. The van der Waals surface area contributed by atoms with Gasteiger partial charge >= 0.3 is 0 Å². The molecule has 0 bridgehead atoms. The normalized spacial score (nSPS) is 7.86. The van der Waals surface area contributed by atoms with Gasteiger partial charge in [-0.3, -0.25) is 0 Å². The predicted molar refractivity (Wildman–Crippen MR) is 108 cm³/mol. The van der Waals surface area contributed by atoms with Gasteiger partial charge in [0.2, 0.25) is 0 Å². The number of hydrogen-bond acceptors (Lipinski definition) is 1. The van der Waals surface area contributed by atoms with Gasteiger partial charge in [-0.05, 0) is 50.8 Å². The van der Waals surface area contributed by atoms with E-state index in [1.165, 1.54) is 35.9 Å². The van der Waals surface area contributed by atoms with E-state index in [1.807, 2.05) is 27.7 Å². The largest absolute Gasteiger partial charge is 0.300 e. The highest BCUT2D eigenvalue weighted by atomic mass is 79.9. The van der Waals surface area contributed by atoms with Crippen molar-refractivity contribution >= 4 is 21.7 Å². The van der Waals surface area contributed by atoms with Crippen LogP contribution in [0.5, 0.6) is 0 Å². The lowest BCUT2D eigenvalue weighted by molar-refractivity contribution is -0.114. The fourth-order valence-electron chi connectivity index (χ4n) is 0.698. The number of carbonyl (C=O) groups excluding carboxylic acids is 1. The second kappa shape index (κ2) is 22.6. The molecule has 0 saturated heterocycles. The number of carbonyl (C=O) groups is 1. The number of hydrogen-bond donors (Lipinski definition) is 0. The third kappa shape index (κ3) is 31.7. The minimum absolute atomic E-state index is 0.167. The molecule has 0 aliphatic heterocycles. The van der Waals surface area contributed by atoms with Crippen molar-refractivity contribution in [2.45, 2.75) is 82.6 Å². The number of aryl methyl sites for hydroxylation is 2. The van der Waals surface area contributed by atoms with Gasteiger partial charge in [0.1, 0.15) is 5.78 Å². The van der Waals surface area contributed by atoms with Gasteiger partial charge in [-0.15, -0.1) is 0 Å². The minimum Gasteiger partial charge on any atom is -0.300 e. The van der Waals surface area contributed by atoms with E-state index in [2.05, 4.69) is 68.7 Å². The molecule has 0 unspecified atom stereocenters. The molecule has 0 spiro atoms. The van der Waals surface area contributed by atoms with Gasteiger partial charge in [0.25, 0.3) is 0 Å². The zero-order valence-corrected chi connectivity index (χ0v) is 18.4. The molecule has 0 fully saturated rings. The average molecular weight is 375 g/mol. The smallest absolute Gasteiger partial charge is 0.126 e. The van der Waals surface area contributed by atoms with Crippen LogP contribution in [-0.2, 0) is 4.79 Å². The van der Waals surface area contributed by atoms with Crippen molar-refractivity contribution in [1.29, 1.82) is 0 Å². The highest BCUT2D eigenvalue weighted by molar-refractivity contribution is 9.10. The summed E-state index contributed by atoms with van der Waals surface area (Å²) in [6, 6.07) is 6.34. The van der Waals surface area contributed by atoms with Crippen LogP contribution in [0.25, 0.3) is 0 Å². The second-order valence-electron chi connectivity index (χ2n) is 4.96. The number of halogens is 1. The zero-order chi connectivity index (χ0) is 18.7. The van der Waals surface area contributed by atoms with Crippen molar-refractivity contribution in [2.24, 2.45) is 5.92 Å². The van der Waals surface area contributed by atoms with Crippen LogP contribution in [0.2, 0.25) is 0 Å². The van der Waals surface area contributed by atoms with E-state index < -0.39 is 0 Å². The lowest BCUT2D eigenvalue weighted by Gasteiger charge is -1.96. The summed E-state index contributed by atoms with van der Waals surface area (Å²) in [7, 11) is 0. The van der Waals surface area contributed by atoms with Gasteiger partial charge in [-0.25, -0.2) is 0 Å². The maximum absolute atomic E-state index is 9.44. The maximum Gasteiger partial charge on any atom is 0.126 e. The first-order chi connectivity index (χ1) is 10.2. The SMILES string of the molecule is CC.CC.CC(C)=O.CCC(C)C.Cc1ccc(C)c(Br)c1. The van der Waals surface area contributed by atoms with Crippen molar-refractivity contribution in [3.8, 4) is 0 Å². The average Bonchev–Trinajstić information content (AvgIpc) is 2.47. The zero-order valence-electron chi connectivity index (χ0n) is 16.8. The van der Waals surface area contributed by atoms with E-state index in [0.29, 0.717) is 0 Å². The summed E-state index contributed by atoms with van der Waals surface area (Å²) in [4.78, 5) is 9.44. The lowest BCUT2D eigenvalue weighted by atomic mass is 10.2. The summed E-state index contributed by atoms with van der Waals surface area (Å²) >= 11 is 3.45. The number of benzene rings is 1. The standard InChI is InChI=1S/C8H9Br.C5H12.C3H6O.2C2H6/c1-6-3-4-7(2)8(9)5-6;1-4-5(2)3;1-3(2)4;2*1-2/h3-5H,1-2H3;5H,4H2,1-3H3;1-2H3;2*1-2H3. The Bertz CT molecular complexity index is 340. The van der Waals surface area contributed by atoms with Crippen LogP contribution in [0.3, 0.4) is 0 Å². The minimum atomic E-state index is 0.167. The van der Waals surface area contributed by atoms with Crippen molar-refractivity contribution in [3.05, 3.63) is 33.8 Å². The Labute approximate surface area is 149 Å². The van der Waals surface area contributed by atoms with Gasteiger partial charge in [0, 0.05) is 4.47 Å². The van der Waals surface area contributed by atoms with Gasteiger partial charge in [-0.1, -0.05) is 82.9 Å². The van der Waals surface area contributed by atoms with Crippen molar-refractivity contribution in [2.75, 3.05) is 0 Å². The van der Waals surface area contributed by atoms with Crippen LogP contribution < -0.4 is 0 Å². The molecule has 2 heteroatoms. The Morgan fingerprint density at radius 3 is 1.55 bits per heavy atom. The van der Waals surface area contributed by atoms with E-state index >= 15 is 0 Å². The molecule has 0 atom stereocenters. The first kappa shape index (κ1) is 29.4. The van der Waals surface area contributed by atoms with Crippen LogP contribution in [0.1, 0.15) is 79.9 Å². The first-order valence-electron chi connectivity index (χ1n) is 8.40. The fourth-order valence-corrected chi connectivity index (χ4v) is 1.19. The summed E-state index contributed by atoms with van der Waals surface area (Å²) < 4.78 is 1.20. The third-order valence-corrected chi connectivity index (χ3v) is 3.00. The molecule has 1 nitrogen and oxygen atoms in total. The number of ketones is 1. The van der Waals surface area contributed by atoms with Gasteiger partial charge in [0.15, 0.2) is 0 Å². The Balaban J connectivity index is -0.000000107. The molecule has 0 amide bonds. The van der Waals surface area contributed by atoms with E-state index in [9.17, 15) is 4.79 Å². The fraction of sp³-hybridized carbons (Fsp3) is 0.650. The molecule has 0 aliphatic rings.